The summed E-state index contributed by atoms with van der Waals surface area (Å²) in [5.74, 6) is 0.864. The van der Waals surface area contributed by atoms with Gasteiger partial charge >= 0.3 is 0 Å². The van der Waals surface area contributed by atoms with Gasteiger partial charge in [-0.05, 0) is 37.9 Å². The molecule has 3 rings (SSSR count). The van der Waals surface area contributed by atoms with Crippen LogP contribution in [0.1, 0.15) is 29.4 Å². The van der Waals surface area contributed by atoms with E-state index in [1.807, 2.05) is 0 Å². The molecule has 1 aromatic heterocycles. The first-order chi connectivity index (χ1) is 9.28. The van der Waals surface area contributed by atoms with Crippen molar-refractivity contribution in [3.8, 4) is 11.4 Å². The second-order valence-corrected chi connectivity index (χ2v) is 5.07. The molecule has 3 heteroatoms. The van der Waals surface area contributed by atoms with Crippen LogP contribution in [0.3, 0.4) is 0 Å². The van der Waals surface area contributed by atoms with E-state index in [0.29, 0.717) is 0 Å². The van der Waals surface area contributed by atoms with E-state index in [2.05, 4.69) is 43.4 Å². The van der Waals surface area contributed by atoms with Gasteiger partial charge < -0.3 is 5.32 Å². The molecule has 0 atom stereocenters. The van der Waals surface area contributed by atoms with Crippen LogP contribution in [0.5, 0.6) is 0 Å². The average molecular weight is 253 g/mol. The molecule has 19 heavy (non-hydrogen) atoms. The molecule has 0 amide bonds. The first-order valence-electron chi connectivity index (χ1n) is 6.94. The third-order valence-electron chi connectivity index (χ3n) is 3.63. The van der Waals surface area contributed by atoms with Crippen LogP contribution in [0.2, 0.25) is 0 Å². The molecular formula is C16H19N3. The Balaban J connectivity index is 2.12. The van der Waals surface area contributed by atoms with Crippen molar-refractivity contribution < 1.29 is 0 Å². The van der Waals surface area contributed by atoms with Gasteiger partial charge in [0.2, 0.25) is 0 Å². The van der Waals surface area contributed by atoms with Gasteiger partial charge in [0.25, 0.3) is 0 Å². The molecule has 1 aliphatic rings. The Hall–Kier alpha value is -1.74. The van der Waals surface area contributed by atoms with Crippen molar-refractivity contribution in [2.75, 3.05) is 6.54 Å². The molecule has 2 heterocycles. The lowest BCUT2D eigenvalue weighted by molar-refractivity contribution is 0.617. The fourth-order valence-electron chi connectivity index (χ4n) is 2.64. The average Bonchev–Trinajstić information content (AvgIpc) is 2.46. The predicted octanol–water partition coefficient (Wildman–Crippen LogP) is 2.66. The summed E-state index contributed by atoms with van der Waals surface area (Å²) in [4.78, 5) is 9.54. The van der Waals surface area contributed by atoms with Gasteiger partial charge in [-0.1, -0.05) is 30.7 Å². The van der Waals surface area contributed by atoms with Crippen LogP contribution in [0.15, 0.2) is 24.3 Å². The van der Waals surface area contributed by atoms with Crippen molar-refractivity contribution in [1.29, 1.82) is 0 Å². The van der Waals surface area contributed by atoms with Gasteiger partial charge in [-0.25, -0.2) is 9.97 Å². The highest BCUT2D eigenvalue weighted by molar-refractivity contribution is 5.57. The van der Waals surface area contributed by atoms with Gasteiger partial charge in [0.1, 0.15) is 0 Å². The smallest absolute Gasteiger partial charge is 0.159 e. The zero-order valence-corrected chi connectivity index (χ0v) is 11.5. The van der Waals surface area contributed by atoms with Crippen molar-refractivity contribution in [3.63, 3.8) is 0 Å². The molecule has 1 aliphatic heterocycles. The van der Waals surface area contributed by atoms with Crippen molar-refractivity contribution in [3.05, 3.63) is 46.8 Å². The van der Waals surface area contributed by atoms with Gasteiger partial charge in [-0.15, -0.1) is 0 Å². The Kier molecular flexibility index (Phi) is 3.30. The maximum Gasteiger partial charge on any atom is 0.159 e. The number of aryl methyl sites for hydroxylation is 2. The second-order valence-electron chi connectivity index (χ2n) is 5.07. The number of hydrogen-bond donors (Lipinski definition) is 1. The van der Waals surface area contributed by atoms with Crippen LogP contribution >= 0.6 is 0 Å². The van der Waals surface area contributed by atoms with E-state index in [1.54, 1.807) is 0 Å². The Labute approximate surface area is 114 Å². The molecule has 0 fully saturated rings. The zero-order chi connectivity index (χ0) is 13.2. The molecule has 0 bridgehead atoms. The normalized spacial score (nSPS) is 14.2. The van der Waals surface area contributed by atoms with Gasteiger partial charge in [0.05, 0.1) is 5.69 Å². The SMILES string of the molecule is CCc1nc(-c2cccc(C)c2)nc2c1CCNC2. The molecule has 0 spiro atoms. The van der Waals surface area contributed by atoms with Crippen LogP contribution in [-0.2, 0) is 19.4 Å². The first kappa shape index (κ1) is 12.3. The van der Waals surface area contributed by atoms with Gasteiger partial charge in [-0.3, -0.25) is 0 Å². The van der Waals surface area contributed by atoms with Crippen molar-refractivity contribution in [1.82, 2.24) is 15.3 Å². The van der Waals surface area contributed by atoms with Crippen LogP contribution in [0.25, 0.3) is 11.4 Å². The Morgan fingerprint density at radius 3 is 2.95 bits per heavy atom. The summed E-state index contributed by atoms with van der Waals surface area (Å²) in [6, 6.07) is 8.41. The van der Waals surface area contributed by atoms with E-state index in [1.165, 1.54) is 22.5 Å². The van der Waals surface area contributed by atoms with Crippen molar-refractivity contribution in [2.24, 2.45) is 0 Å². The van der Waals surface area contributed by atoms with Gasteiger partial charge in [0, 0.05) is 17.8 Å². The largest absolute Gasteiger partial charge is 0.311 e. The van der Waals surface area contributed by atoms with Gasteiger partial charge in [0.15, 0.2) is 5.82 Å². The fourth-order valence-corrected chi connectivity index (χ4v) is 2.64. The monoisotopic (exact) mass is 253 g/mol. The fraction of sp³-hybridized carbons (Fsp3) is 0.375. The van der Waals surface area contributed by atoms with Crippen molar-refractivity contribution >= 4 is 0 Å². The Bertz CT molecular complexity index is 588. The lowest BCUT2D eigenvalue weighted by Crippen LogP contribution is -2.26. The van der Waals surface area contributed by atoms with Crippen LogP contribution in [-0.4, -0.2) is 16.5 Å². The highest BCUT2D eigenvalue weighted by Gasteiger charge is 2.16. The summed E-state index contributed by atoms with van der Waals surface area (Å²) in [7, 11) is 0. The van der Waals surface area contributed by atoms with E-state index < -0.39 is 0 Å². The number of aromatic nitrogens is 2. The molecule has 0 aliphatic carbocycles. The summed E-state index contributed by atoms with van der Waals surface area (Å²) < 4.78 is 0. The van der Waals surface area contributed by atoms with Crippen LogP contribution in [0, 0.1) is 6.92 Å². The van der Waals surface area contributed by atoms with Crippen LogP contribution < -0.4 is 5.32 Å². The minimum atomic E-state index is 0.864. The quantitative estimate of drug-likeness (QED) is 0.894. The van der Waals surface area contributed by atoms with Crippen LogP contribution in [0.4, 0.5) is 0 Å². The molecule has 0 radical (unpaired) electrons. The summed E-state index contributed by atoms with van der Waals surface area (Å²) in [5.41, 5.74) is 6.10. The van der Waals surface area contributed by atoms with E-state index in [4.69, 9.17) is 9.97 Å². The maximum atomic E-state index is 4.78. The number of nitrogens with one attached hydrogen (secondary N) is 1. The number of benzene rings is 1. The lowest BCUT2D eigenvalue weighted by atomic mass is 10.0. The summed E-state index contributed by atoms with van der Waals surface area (Å²) in [6.45, 7) is 6.17. The predicted molar refractivity (Wildman–Crippen MR) is 77.0 cm³/mol. The molecule has 0 unspecified atom stereocenters. The minimum absolute atomic E-state index is 0.864. The number of hydrogen-bond acceptors (Lipinski definition) is 3. The number of fused-ring (bicyclic) bond motifs is 1. The maximum absolute atomic E-state index is 4.78. The molecular weight excluding hydrogens is 234 g/mol. The Morgan fingerprint density at radius 2 is 2.16 bits per heavy atom. The lowest BCUT2D eigenvalue weighted by Gasteiger charge is -2.19. The third kappa shape index (κ3) is 2.38. The molecule has 1 N–H and O–H groups in total. The van der Waals surface area contributed by atoms with E-state index >= 15 is 0 Å². The topological polar surface area (TPSA) is 37.8 Å². The molecule has 0 saturated carbocycles. The summed E-state index contributed by atoms with van der Waals surface area (Å²) in [6.07, 6.45) is 2.02. The summed E-state index contributed by atoms with van der Waals surface area (Å²) in [5, 5.41) is 3.39. The molecule has 2 aromatic rings. The van der Waals surface area contributed by atoms with Crippen molar-refractivity contribution in [2.45, 2.75) is 33.2 Å². The zero-order valence-electron chi connectivity index (χ0n) is 11.5. The molecule has 3 nitrogen and oxygen atoms in total. The first-order valence-corrected chi connectivity index (χ1v) is 6.94. The summed E-state index contributed by atoms with van der Waals surface area (Å²) >= 11 is 0. The highest BCUT2D eigenvalue weighted by atomic mass is 15.0. The van der Waals surface area contributed by atoms with E-state index in [-0.39, 0.29) is 0 Å². The van der Waals surface area contributed by atoms with Gasteiger partial charge in [-0.2, -0.15) is 0 Å². The number of rotatable bonds is 2. The Morgan fingerprint density at radius 1 is 1.26 bits per heavy atom. The third-order valence-corrected chi connectivity index (χ3v) is 3.63. The molecule has 1 aromatic carbocycles. The van der Waals surface area contributed by atoms with E-state index in [0.717, 1.165) is 37.3 Å². The van der Waals surface area contributed by atoms with E-state index in [9.17, 15) is 0 Å². The second kappa shape index (κ2) is 5.10. The minimum Gasteiger partial charge on any atom is -0.311 e. The number of nitrogens with zero attached hydrogens (tertiary/aromatic N) is 2. The highest BCUT2D eigenvalue weighted by Crippen LogP contribution is 2.22. The molecule has 98 valence electrons. The molecule has 0 saturated heterocycles. The standard InChI is InChI=1S/C16H19N3/c1-3-14-13-7-8-17-10-15(13)19-16(18-14)12-6-4-5-11(2)9-12/h4-6,9,17H,3,7-8,10H2,1-2H3.